The molecule has 32 heavy (non-hydrogen) atoms. The molecule has 8 heteroatoms. The van der Waals surface area contributed by atoms with Crippen LogP contribution in [0, 0.1) is 0 Å². The van der Waals surface area contributed by atoms with Crippen molar-refractivity contribution in [2.24, 2.45) is 0 Å². The minimum atomic E-state index is -0.0219. The average molecular weight is 449 g/mol. The SMILES string of the molecule is O=C(CCc1nnc2c(N3CCCCC3)nc3ccccc3n12)NCc1ccc(Cl)cc1. The average Bonchev–Trinajstić information content (AvgIpc) is 3.27. The number of halogens is 1. The van der Waals surface area contributed by atoms with Gasteiger partial charge >= 0.3 is 0 Å². The molecular weight excluding hydrogens is 424 g/mol. The highest BCUT2D eigenvalue weighted by atomic mass is 35.5. The summed E-state index contributed by atoms with van der Waals surface area (Å²) in [6.45, 7) is 2.44. The molecule has 1 N–H and O–H groups in total. The van der Waals surface area contributed by atoms with E-state index in [1.165, 1.54) is 6.42 Å². The number of nitrogens with one attached hydrogen (secondary N) is 1. The van der Waals surface area contributed by atoms with Crippen LogP contribution in [0.4, 0.5) is 5.82 Å². The van der Waals surface area contributed by atoms with E-state index < -0.39 is 0 Å². The van der Waals surface area contributed by atoms with Gasteiger partial charge in [-0.15, -0.1) is 10.2 Å². The first kappa shape index (κ1) is 20.7. The van der Waals surface area contributed by atoms with Crippen molar-refractivity contribution in [1.29, 1.82) is 0 Å². The van der Waals surface area contributed by atoms with Crippen LogP contribution in [0.15, 0.2) is 48.5 Å². The molecule has 3 heterocycles. The number of benzene rings is 2. The zero-order chi connectivity index (χ0) is 21.9. The van der Waals surface area contributed by atoms with Gasteiger partial charge in [-0.3, -0.25) is 9.20 Å². The first-order chi connectivity index (χ1) is 15.7. The van der Waals surface area contributed by atoms with Crippen molar-refractivity contribution in [2.45, 2.75) is 38.6 Å². The fourth-order valence-electron chi connectivity index (χ4n) is 4.22. The number of carbonyl (C=O) groups is 1. The third-order valence-electron chi connectivity index (χ3n) is 5.91. The topological polar surface area (TPSA) is 75.4 Å². The molecule has 1 aliphatic heterocycles. The summed E-state index contributed by atoms with van der Waals surface area (Å²) in [6.07, 6.45) is 4.42. The monoisotopic (exact) mass is 448 g/mol. The largest absolute Gasteiger partial charge is 0.353 e. The predicted molar refractivity (Wildman–Crippen MR) is 126 cm³/mol. The Bertz CT molecular complexity index is 1250. The van der Waals surface area contributed by atoms with Crippen LogP contribution in [0.3, 0.4) is 0 Å². The van der Waals surface area contributed by atoms with Crippen molar-refractivity contribution in [1.82, 2.24) is 24.9 Å². The normalized spacial score (nSPS) is 14.2. The maximum atomic E-state index is 12.5. The first-order valence-corrected chi connectivity index (χ1v) is 11.5. The van der Waals surface area contributed by atoms with E-state index in [0.717, 1.165) is 59.8 Å². The van der Waals surface area contributed by atoms with Crippen LogP contribution in [0.25, 0.3) is 16.7 Å². The molecule has 5 rings (SSSR count). The predicted octanol–water partition coefficient (Wildman–Crippen LogP) is 4.17. The lowest BCUT2D eigenvalue weighted by atomic mass is 10.1. The Balaban J connectivity index is 1.37. The van der Waals surface area contributed by atoms with Gasteiger partial charge in [0.1, 0.15) is 5.82 Å². The van der Waals surface area contributed by atoms with Gasteiger partial charge in [-0.05, 0) is 49.1 Å². The molecule has 0 unspecified atom stereocenters. The van der Waals surface area contributed by atoms with Gasteiger partial charge in [-0.1, -0.05) is 35.9 Å². The van der Waals surface area contributed by atoms with Crippen LogP contribution in [0.5, 0.6) is 0 Å². The maximum absolute atomic E-state index is 12.5. The lowest BCUT2D eigenvalue weighted by Gasteiger charge is -2.28. The number of aryl methyl sites for hydroxylation is 1. The summed E-state index contributed by atoms with van der Waals surface area (Å²) >= 11 is 5.92. The second-order valence-electron chi connectivity index (χ2n) is 8.15. The molecule has 1 aliphatic rings. The second kappa shape index (κ2) is 9.12. The number of para-hydroxylation sites is 2. The van der Waals surface area contributed by atoms with E-state index in [1.54, 1.807) is 0 Å². The zero-order valence-corrected chi connectivity index (χ0v) is 18.6. The van der Waals surface area contributed by atoms with Crippen molar-refractivity contribution >= 4 is 40.0 Å². The molecule has 164 valence electrons. The number of hydrogen-bond acceptors (Lipinski definition) is 5. The zero-order valence-electron chi connectivity index (χ0n) is 17.8. The van der Waals surface area contributed by atoms with Crippen LogP contribution >= 0.6 is 11.6 Å². The summed E-state index contributed by atoms with van der Waals surface area (Å²) in [5.74, 6) is 1.64. The number of piperidine rings is 1. The molecule has 0 spiro atoms. The number of aromatic nitrogens is 4. The van der Waals surface area contributed by atoms with Gasteiger partial charge in [0.25, 0.3) is 0 Å². The van der Waals surface area contributed by atoms with E-state index in [1.807, 2.05) is 48.5 Å². The lowest BCUT2D eigenvalue weighted by molar-refractivity contribution is -0.121. The van der Waals surface area contributed by atoms with E-state index >= 15 is 0 Å². The number of fused-ring (bicyclic) bond motifs is 3. The number of anilines is 1. The Morgan fingerprint density at radius 2 is 1.78 bits per heavy atom. The molecule has 1 fully saturated rings. The van der Waals surface area contributed by atoms with Crippen LogP contribution in [-0.4, -0.2) is 38.6 Å². The highest BCUT2D eigenvalue weighted by Crippen LogP contribution is 2.27. The summed E-state index contributed by atoms with van der Waals surface area (Å²) in [7, 11) is 0. The van der Waals surface area contributed by atoms with E-state index in [2.05, 4.69) is 24.8 Å². The molecule has 4 aromatic rings. The molecule has 0 radical (unpaired) electrons. The molecule has 0 saturated carbocycles. The van der Waals surface area contributed by atoms with Crippen LogP contribution in [-0.2, 0) is 17.8 Å². The Hall–Kier alpha value is -3.19. The van der Waals surface area contributed by atoms with Gasteiger partial charge in [0.15, 0.2) is 5.82 Å². The molecule has 0 aliphatic carbocycles. The lowest BCUT2D eigenvalue weighted by Crippen LogP contribution is -2.30. The number of amides is 1. The van der Waals surface area contributed by atoms with E-state index in [0.29, 0.717) is 24.4 Å². The maximum Gasteiger partial charge on any atom is 0.220 e. The van der Waals surface area contributed by atoms with Gasteiger partial charge in [0, 0.05) is 37.5 Å². The third-order valence-corrected chi connectivity index (χ3v) is 6.17. The highest BCUT2D eigenvalue weighted by Gasteiger charge is 2.21. The van der Waals surface area contributed by atoms with Crippen molar-refractivity contribution in [3.8, 4) is 0 Å². The first-order valence-electron chi connectivity index (χ1n) is 11.1. The van der Waals surface area contributed by atoms with Crippen molar-refractivity contribution in [3.63, 3.8) is 0 Å². The van der Waals surface area contributed by atoms with Gasteiger partial charge < -0.3 is 10.2 Å². The van der Waals surface area contributed by atoms with Crippen molar-refractivity contribution in [2.75, 3.05) is 18.0 Å². The minimum absolute atomic E-state index is 0.0219. The van der Waals surface area contributed by atoms with Gasteiger partial charge in [0.05, 0.1) is 11.0 Å². The molecule has 2 aromatic carbocycles. The van der Waals surface area contributed by atoms with Crippen molar-refractivity contribution in [3.05, 3.63) is 64.9 Å². The number of rotatable bonds is 6. The summed E-state index contributed by atoms with van der Waals surface area (Å²) in [5.41, 5.74) is 3.65. The fourth-order valence-corrected chi connectivity index (χ4v) is 4.35. The fraction of sp³-hybridized carbons (Fsp3) is 0.333. The Kier molecular flexibility index (Phi) is 5.90. The van der Waals surface area contributed by atoms with Crippen LogP contribution in [0.2, 0.25) is 5.02 Å². The van der Waals surface area contributed by atoms with Crippen LogP contribution < -0.4 is 10.2 Å². The quantitative estimate of drug-likeness (QED) is 0.479. The standard InChI is InChI=1S/C24H25ClN6O/c25-18-10-8-17(9-11-18)16-26-22(32)13-12-21-28-29-24-23(30-14-4-1-5-15-30)27-19-6-2-3-7-20(19)31(21)24/h2-3,6-11H,1,4-5,12-16H2,(H,26,32). The molecule has 1 amide bonds. The Morgan fingerprint density at radius 3 is 2.59 bits per heavy atom. The third kappa shape index (κ3) is 4.25. The summed E-state index contributed by atoms with van der Waals surface area (Å²) in [5, 5.41) is 12.6. The molecule has 0 atom stereocenters. The summed E-state index contributed by atoms with van der Waals surface area (Å²) < 4.78 is 2.07. The van der Waals surface area contributed by atoms with E-state index in [4.69, 9.17) is 16.6 Å². The number of hydrogen-bond donors (Lipinski definition) is 1. The highest BCUT2D eigenvalue weighted by molar-refractivity contribution is 6.30. The molecular formula is C24H25ClN6O. The minimum Gasteiger partial charge on any atom is -0.353 e. The second-order valence-corrected chi connectivity index (χ2v) is 8.59. The molecule has 1 saturated heterocycles. The van der Waals surface area contributed by atoms with E-state index in [9.17, 15) is 4.79 Å². The van der Waals surface area contributed by atoms with Gasteiger partial charge in [-0.2, -0.15) is 0 Å². The summed E-state index contributed by atoms with van der Waals surface area (Å²) in [4.78, 5) is 19.7. The van der Waals surface area contributed by atoms with Gasteiger partial charge in [0.2, 0.25) is 11.6 Å². The van der Waals surface area contributed by atoms with Gasteiger partial charge in [-0.25, -0.2) is 4.98 Å². The number of nitrogens with zero attached hydrogens (tertiary/aromatic N) is 5. The molecule has 0 bridgehead atoms. The van der Waals surface area contributed by atoms with E-state index in [-0.39, 0.29) is 5.91 Å². The molecule has 7 nitrogen and oxygen atoms in total. The summed E-state index contributed by atoms with van der Waals surface area (Å²) in [6, 6.07) is 15.5. The number of carbonyl (C=O) groups excluding carboxylic acids is 1. The Labute approximate surface area is 191 Å². The van der Waals surface area contributed by atoms with Crippen LogP contribution in [0.1, 0.15) is 37.1 Å². The molecule has 2 aromatic heterocycles. The smallest absolute Gasteiger partial charge is 0.220 e. The van der Waals surface area contributed by atoms with Crippen molar-refractivity contribution < 1.29 is 4.79 Å². The Morgan fingerprint density at radius 1 is 1.00 bits per heavy atom.